The first-order valence-corrected chi connectivity index (χ1v) is 13.8. The normalized spacial score (nSPS) is 17.0. The molecule has 34 heavy (non-hydrogen) atoms. The number of fused-ring (bicyclic) bond motifs is 1. The summed E-state index contributed by atoms with van der Waals surface area (Å²) >= 11 is 0. The van der Waals surface area contributed by atoms with Crippen LogP contribution in [-0.4, -0.2) is 17.3 Å². The maximum atomic E-state index is 13.3. The highest BCUT2D eigenvalue weighted by Gasteiger charge is 2.34. The fourth-order valence-electron chi connectivity index (χ4n) is 5.81. The maximum absolute atomic E-state index is 13.3. The van der Waals surface area contributed by atoms with Crippen molar-refractivity contribution in [2.75, 3.05) is 0 Å². The molecule has 0 amide bonds. The molecule has 0 aromatic heterocycles. The quantitative estimate of drug-likeness (QED) is 0.306. The highest BCUT2D eigenvalue weighted by atomic mass is 16.1. The summed E-state index contributed by atoms with van der Waals surface area (Å²) in [6, 6.07) is 2.32. The molecule has 3 heteroatoms. The van der Waals surface area contributed by atoms with Crippen molar-refractivity contribution >= 4 is 17.3 Å². The van der Waals surface area contributed by atoms with Crippen LogP contribution in [0.2, 0.25) is 0 Å². The Bertz CT molecular complexity index is 834. The second-order valence-electron chi connectivity index (χ2n) is 10.7. The molecule has 3 atom stereocenters. The average molecular weight is 471 g/mol. The molecular weight excluding hydrogens is 420 g/mol. The molecule has 3 unspecified atom stereocenters. The Hall–Kier alpha value is -1.77. The van der Waals surface area contributed by atoms with Crippen molar-refractivity contribution in [1.29, 1.82) is 0 Å². The molecule has 3 nitrogen and oxygen atoms in total. The Kier molecular flexibility index (Phi) is 13.0. The second-order valence-corrected chi connectivity index (χ2v) is 10.7. The molecule has 1 aliphatic carbocycles. The molecule has 0 saturated heterocycles. The monoisotopic (exact) mass is 470 g/mol. The zero-order chi connectivity index (χ0) is 26.0. The van der Waals surface area contributed by atoms with Crippen molar-refractivity contribution in [3.05, 3.63) is 33.9 Å². The fraction of sp³-hybridized carbons (Fsp3) is 0.710. The maximum Gasteiger partial charge on any atom is 0.163 e. The minimum atomic E-state index is -0.0731. The molecule has 2 rings (SSSR count). The van der Waals surface area contributed by atoms with Gasteiger partial charge in [-0.15, -0.1) is 0 Å². The molecule has 0 fully saturated rings. The van der Waals surface area contributed by atoms with E-state index in [-0.39, 0.29) is 41.5 Å². The summed E-state index contributed by atoms with van der Waals surface area (Å²) in [5.41, 5.74) is 6.01. The zero-order valence-corrected chi connectivity index (χ0v) is 23.5. The molecule has 0 saturated carbocycles. The van der Waals surface area contributed by atoms with Crippen LogP contribution < -0.4 is 0 Å². The van der Waals surface area contributed by atoms with Gasteiger partial charge in [-0.3, -0.25) is 14.4 Å². The highest BCUT2D eigenvalue weighted by molar-refractivity contribution is 6.01. The van der Waals surface area contributed by atoms with E-state index in [9.17, 15) is 14.4 Å². The SMILES string of the molecule is CCC.CCCC(CC1CC(=O)c2c(C)c(C(C)C)cc(CC)c2C1)C(CC)C(=O)CC(C)=O. The molecule has 0 spiro atoms. The number of aryl methyl sites for hydroxylation is 1. The van der Waals surface area contributed by atoms with Crippen LogP contribution in [0, 0.1) is 24.7 Å². The lowest BCUT2D eigenvalue weighted by molar-refractivity contribution is -0.129. The summed E-state index contributed by atoms with van der Waals surface area (Å²) in [5.74, 6) is 1.18. The molecule has 0 heterocycles. The van der Waals surface area contributed by atoms with Crippen molar-refractivity contribution in [2.24, 2.45) is 17.8 Å². The number of rotatable bonds is 11. The lowest BCUT2D eigenvalue weighted by Gasteiger charge is -2.33. The van der Waals surface area contributed by atoms with E-state index in [1.165, 1.54) is 35.6 Å². The molecule has 1 aromatic rings. The first-order valence-electron chi connectivity index (χ1n) is 13.8. The summed E-state index contributed by atoms with van der Waals surface area (Å²) in [6.45, 7) is 18.6. The van der Waals surface area contributed by atoms with E-state index in [0.29, 0.717) is 12.3 Å². The first kappa shape index (κ1) is 30.3. The van der Waals surface area contributed by atoms with E-state index < -0.39 is 0 Å². The zero-order valence-electron chi connectivity index (χ0n) is 23.5. The number of carbonyl (C=O) groups is 3. The van der Waals surface area contributed by atoms with Crippen LogP contribution in [0.25, 0.3) is 0 Å². The predicted octanol–water partition coefficient (Wildman–Crippen LogP) is 8.22. The highest BCUT2D eigenvalue weighted by Crippen LogP contribution is 2.39. The van der Waals surface area contributed by atoms with Gasteiger partial charge >= 0.3 is 0 Å². The van der Waals surface area contributed by atoms with E-state index in [2.05, 4.69) is 61.5 Å². The third-order valence-corrected chi connectivity index (χ3v) is 7.22. The van der Waals surface area contributed by atoms with Gasteiger partial charge in [0.05, 0.1) is 6.42 Å². The molecule has 0 N–H and O–H groups in total. The van der Waals surface area contributed by atoms with Crippen LogP contribution in [-0.2, 0) is 22.4 Å². The van der Waals surface area contributed by atoms with Crippen LogP contribution in [0.1, 0.15) is 139 Å². The second kappa shape index (κ2) is 14.6. The number of hydrogen-bond donors (Lipinski definition) is 0. The van der Waals surface area contributed by atoms with Crippen molar-refractivity contribution in [1.82, 2.24) is 0 Å². The van der Waals surface area contributed by atoms with Gasteiger partial charge in [-0.05, 0) is 79.5 Å². The van der Waals surface area contributed by atoms with E-state index in [1.807, 2.05) is 0 Å². The number of hydrogen-bond acceptors (Lipinski definition) is 3. The molecule has 0 aliphatic heterocycles. The Morgan fingerprint density at radius 3 is 2.15 bits per heavy atom. The van der Waals surface area contributed by atoms with Crippen LogP contribution in [0.4, 0.5) is 0 Å². The van der Waals surface area contributed by atoms with Gasteiger partial charge in [0.2, 0.25) is 0 Å². The van der Waals surface area contributed by atoms with E-state index in [0.717, 1.165) is 44.1 Å². The lowest BCUT2D eigenvalue weighted by Crippen LogP contribution is -2.30. The van der Waals surface area contributed by atoms with E-state index >= 15 is 0 Å². The lowest BCUT2D eigenvalue weighted by atomic mass is 9.70. The van der Waals surface area contributed by atoms with Crippen LogP contribution in [0.5, 0.6) is 0 Å². The number of Topliss-reactive ketones (excluding diaryl/α,β-unsaturated/α-hetero) is 3. The van der Waals surface area contributed by atoms with E-state index in [1.54, 1.807) is 0 Å². The fourth-order valence-corrected chi connectivity index (χ4v) is 5.81. The minimum absolute atomic E-state index is 0.0440. The molecule has 1 aromatic carbocycles. The minimum Gasteiger partial charge on any atom is -0.300 e. The van der Waals surface area contributed by atoms with Crippen LogP contribution >= 0.6 is 0 Å². The summed E-state index contributed by atoms with van der Waals surface area (Å²) in [6.07, 6.45) is 7.41. The largest absolute Gasteiger partial charge is 0.300 e. The summed E-state index contributed by atoms with van der Waals surface area (Å²) in [7, 11) is 0. The average Bonchev–Trinajstić information content (AvgIpc) is 2.74. The molecular formula is C31H50O3. The van der Waals surface area contributed by atoms with Crippen LogP contribution in [0.15, 0.2) is 6.07 Å². The van der Waals surface area contributed by atoms with Gasteiger partial charge < -0.3 is 0 Å². The van der Waals surface area contributed by atoms with Gasteiger partial charge in [0.1, 0.15) is 11.6 Å². The van der Waals surface area contributed by atoms with Gasteiger partial charge in [-0.1, -0.05) is 73.8 Å². The van der Waals surface area contributed by atoms with Crippen molar-refractivity contribution in [3.8, 4) is 0 Å². The Labute approximate surface area is 209 Å². The van der Waals surface area contributed by atoms with Gasteiger partial charge in [0.15, 0.2) is 5.78 Å². The summed E-state index contributed by atoms with van der Waals surface area (Å²) < 4.78 is 0. The molecule has 0 bridgehead atoms. The predicted molar refractivity (Wildman–Crippen MR) is 144 cm³/mol. The van der Waals surface area contributed by atoms with Gasteiger partial charge in [-0.2, -0.15) is 0 Å². The Balaban J connectivity index is 0.00000182. The molecule has 0 radical (unpaired) electrons. The Morgan fingerprint density at radius 1 is 1.06 bits per heavy atom. The van der Waals surface area contributed by atoms with Crippen molar-refractivity contribution < 1.29 is 14.4 Å². The number of benzene rings is 1. The molecule has 192 valence electrons. The topological polar surface area (TPSA) is 51.2 Å². The Morgan fingerprint density at radius 2 is 1.68 bits per heavy atom. The summed E-state index contributed by atoms with van der Waals surface area (Å²) in [4.78, 5) is 37.6. The number of carbonyl (C=O) groups excluding carboxylic acids is 3. The van der Waals surface area contributed by atoms with Crippen molar-refractivity contribution in [3.63, 3.8) is 0 Å². The standard InChI is InChI=1S/C28H42O3.C3H8/c1-8-11-22(23(10-3)26(30)12-18(6)29)13-20-14-25-21(9-2)16-24(17(4)5)19(7)28(25)27(31)15-20;1-3-2/h16-17,20,22-23H,8-15H2,1-7H3;3H2,1-2H3. The van der Waals surface area contributed by atoms with Crippen molar-refractivity contribution in [2.45, 2.75) is 126 Å². The first-order chi connectivity index (χ1) is 16.1. The van der Waals surface area contributed by atoms with Crippen LogP contribution in [0.3, 0.4) is 0 Å². The smallest absolute Gasteiger partial charge is 0.163 e. The summed E-state index contributed by atoms with van der Waals surface area (Å²) in [5, 5.41) is 0. The third-order valence-electron chi connectivity index (χ3n) is 7.22. The molecule has 1 aliphatic rings. The van der Waals surface area contributed by atoms with Gasteiger partial charge in [0, 0.05) is 17.9 Å². The number of ketones is 3. The van der Waals surface area contributed by atoms with Gasteiger partial charge in [-0.25, -0.2) is 0 Å². The third kappa shape index (κ3) is 7.89. The van der Waals surface area contributed by atoms with Gasteiger partial charge in [0.25, 0.3) is 0 Å². The van der Waals surface area contributed by atoms with E-state index in [4.69, 9.17) is 0 Å².